The van der Waals surface area contributed by atoms with E-state index in [1.54, 1.807) is 11.0 Å². The summed E-state index contributed by atoms with van der Waals surface area (Å²) in [5, 5.41) is 4.02. The van der Waals surface area contributed by atoms with Gasteiger partial charge in [0.1, 0.15) is 18.5 Å². The first kappa shape index (κ1) is 8.68. The molecule has 14 heavy (non-hydrogen) atoms. The largest absolute Gasteiger partial charge is 0.336 e. The van der Waals surface area contributed by atoms with Gasteiger partial charge in [0.15, 0.2) is 5.84 Å². The average Bonchev–Trinajstić information content (AvgIpc) is 2.64. The molecule has 1 aromatic rings. The zero-order chi connectivity index (χ0) is 10.1. The highest BCUT2D eigenvalue weighted by molar-refractivity contribution is 5.99. The third-order valence-electron chi connectivity index (χ3n) is 2.02. The second kappa shape index (κ2) is 3.10. The van der Waals surface area contributed by atoms with Crippen LogP contribution in [0.4, 0.5) is 0 Å². The van der Waals surface area contributed by atoms with E-state index in [1.807, 2.05) is 25.1 Å². The Bertz CT molecular complexity index is 412. The lowest BCUT2D eigenvalue weighted by Crippen LogP contribution is -2.23. The minimum absolute atomic E-state index is 0.695. The van der Waals surface area contributed by atoms with Gasteiger partial charge in [-0.25, -0.2) is 14.7 Å². The molecule has 2 rings (SSSR count). The minimum Gasteiger partial charge on any atom is -0.336 e. The van der Waals surface area contributed by atoms with Gasteiger partial charge in [0.05, 0.1) is 0 Å². The Kier molecular flexibility index (Phi) is 1.92. The predicted molar refractivity (Wildman–Crippen MR) is 53.5 cm³/mol. The van der Waals surface area contributed by atoms with Crippen LogP contribution in [0, 0.1) is 0 Å². The number of hydrogen-bond donors (Lipinski definition) is 0. The lowest BCUT2D eigenvalue weighted by molar-refractivity contribution is 0.552. The van der Waals surface area contributed by atoms with Crippen LogP contribution >= 0.6 is 0 Å². The summed E-state index contributed by atoms with van der Waals surface area (Å²) in [6.07, 6.45) is 5.07. The van der Waals surface area contributed by atoms with Gasteiger partial charge in [-0.05, 0) is 6.92 Å². The fraction of sp³-hybridized carbons (Fsp3) is 0.222. The molecule has 0 unspecified atom stereocenters. The van der Waals surface area contributed by atoms with Crippen molar-refractivity contribution in [3.63, 3.8) is 0 Å². The fourth-order valence-electron chi connectivity index (χ4n) is 1.26. The van der Waals surface area contributed by atoms with E-state index < -0.39 is 0 Å². The summed E-state index contributed by atoms with van der Waals surface area (Å²) in [4.78, 5) is 10.1. The third-order valence-corrected chi connectivity index (χ3v) is 2.02. The van der Waals surface area contributed by atoms with Gasteiger partial charge in [0.25, 0.3) is 0 Å². The van der Waals surface area contributed by atoms with E-state index in [4.69, 9.17) is 0 Å². The van der Waals surface area contributed by atoms with Crippen LogP contribution in [0.5, 0.6) is 0 Å². The summed E-state index contributed by atoms with van der Waals surface area (Å²) in [6.45, 7) is 5.80. The van der Waals surface area contributed by atoms with E-state index in [-0.39, 0.29) is 0 Å². The fourth-order valence-corrected chi connectivity index (χ4v) is 1.26. The molecule has 0 atom stereocenters. The molecule has 2 heterocycles. The van der Waals surface area contributed by atoms with E-state index in [1.165, 1.54) is 6.33 Å². The Balaban J connectivity index is 2.42. The second-order valence-electron chi connectivity index (χ2n) is 3.11. The Hall–Kier alpha value is -1.91. The summed E-state index contributed by atoms with van der Waals surface area (Å²) in [5.41, 5.74) is 1.03. The molecule has 0 saturated heterocycles. The van der Waals surface area contributed by atoms with E-state index in [2.05, 4.69) is 21.7 Å². The molecule has 0 N–H and O–H groups in total. The van der Waals surface area contributed by atoms with Crippen LogP contribution in [0.3, 0.4) is 0 Å². The van der Waals surface area contributed by atoms with E-state index >= 15 is 0 Å². The Morgan fingerprint density at radius 1 is 1.43 bits per heavy atom. The molecule has 0 amide bonds. The number of allylic oxidation sites excluding steroid dienone is 1. The topological polar surface area (TPSA) is 46.3 Å². The molecular formula is C9H11N5. The maximum Gasteiger partial charge on any atom is 0.161 e. The molecule has 72 valence electrons. The Morgan fingerprint density at radius 3 is 2.86 bits per heavy atom. The van der Waals surface area contributed by atoms with Crippen molar-refractivity contribution in [1.82, 2.24) is 19.7 Å². The van der Waals surface area contributed by atoms with Crippen molar-refractivity contribution in [2.75, 3.05) is 7.05 Å². The minimum atomic E-state index is 0.695. The maximum absolute atomic E-state index is 4.33. The number of nitrogens with zero attached hydrogens (tertiary/aromatic N) is 5. The molecule has 1 aliphatic rings. The lowest BCUT2D eigenvalue weighted by atomic mass is 10.2. The van der Waals surface area contributed by atoms with Gasteiger partial charge in [-0.2, -0.15) is 5.10 Å². The van der Waals surface area contributed by atoms with Gasteiger partial charge < -0.3 is 4.90 Å². The normalized spacial score (nSPS) is 16.7. The Labute approximate surface area is 82.1 Å². The van der Waals surface area contributed by atoms with Crippen molar-refractivity contribution in [3.05, 3.63) is 36.8 Å². The maximum atomic E-state index is 4.33. The van der Waals surface area contributed by atoms with Crippen molar-refractivity contribution in [1.29, 1.82) is 0 Å². The predicted octanol–water partition coefficient (Wildman–Crippen LogP) is 0.845. The van der Waals surface area contributed by atoms with Gasteiger partial charge in [-0.3, -0.25) is 0 Å². The standard InChI is InChI=1S/C9H11N5/c1-7-4-13(3)8(2)12-9(7)14-6-10-5-11-14/h4-6H,2H2,1,3H3. The van der Waals surface area contributed by atoms with E-state index in [9.17, 15) is 0 Å². The van der Waals surface area contributed by atoms with Crippen molar-refractivity contribution >= 4 is 5.84 Å². The molecule has 0 aliphatic carbocycles. The molecule has 5 heteroatoms. The van der Waals surface area contributed by atoms with Crippen molar-refractivity contribution in [2.24, 2.45) is 4.99 Å². The van der Waals surface area contributed by atoms with Gasteiger partial charge in [-0.15, -0.1) is 0 Å². The first-order valence-corrected chi connectivity index (χ1v) is 4.22. The number of rotatable bonds is 0. The highest BCUT2D eigenvalue weighted by Crippen LogP contribution is 2.14. The van der Waals surface area contributed by atoms with Crippen molar-refractivity contribution < 1.29 is 0 Å². The quantitative estimate of drug-likeness (QED) is 0.607. The molecule has 0 radical (unpaired) electrons. The molecule has 0 aromatic carbocycles. The summed E-state index contributed by atoms with van der Waals surface area (Å²) < 4.78 is 1.63. The van der Waals surface area contributed by atoms with Crippen LogP contribution in [-0.2, 0) is 0 Å². The number of aromatic nitrogens is 3. The molecule has 0 fully saturated rings. The molecule has 1 aliphatic heterocycles. The molecule has 0 bridgehead atoms. The molecule has 1 aromatic heterocycles. The van der Waals surface area contributed by atoms with Crippen LogP contribution in [0.15, 0.2) is 41.8 Å². The highest BCUT2D eigenvalue weighted by atomic mass is 15.4. The SMILES string of the molecule is C=C1N=C(n2cncn2)C(C)=CN1C. The van der Waals surface area contributed by atoms with Crippen molar-refractivity contribution in [3.8, 4) is 0 Å². The van der Waals surface area contributed by atoms with E-state index in [0.717, 1.165) is 11.4 Å². The van der Waals surface area contributed by atoms with Crippen LogP contribution < -0.4 is 0 Å². The smallest absolute Gasteiger partial charge is 0.161 e. The molecule has 0 saturated carbocycles. The van der Waals surface area contributed by atoms with Gasteiger partial charge >= 0.3 is 0 Å². The summed E-state index contributed by atoms with van der Waals surface area (Å²) in [5.74, 6) is 1.46. The zero-order valence-electron chi connectivity index (χ0n) is 8.18. The lowest BCUT2D eigenvalue weighted by Gasteiger charge is -2.21. The monoisotopic (exact) mass is 189 g/mol. The first-order valence-electron chi connectivity index (χ1n) is 4.22. The highest BCUT2D eigenvalue weighted by Gasteiger charge is 2.13. The van der Waals surface area contributed by atoms with Crippen molar-refractivity contribution in [2.45, 2.75) is 6.92 Å². The second-order valence-corrected chi connectivity index (χ2v) is 3.11. The number of hydrogen-bond acceptors (Lipinski definition) is 4. The summed E-state index contributed by atoms with van der Waals surface area (Å²) in [7, 11) is 1.91. The number of aliphatic imine (C=N–C) groups is 1. The molecule has 0 spiro atoms. The summed E-state index contributed by atoms with van der Waals surface area (Å²) >= 11 is 0. The van der Waals surface area contributed by atoms with E-state index in [0.29, 0.717) is 5.82 Å². The van der Waals surface area contributed by atoms with Crippen LogP contribution in [0.25, 0.3) is 0 Å². The Morgan fingerprint density at radius 2 is 2.21 bits per heavy atom. The van der Waals surface area contributed by atoms with Crippen LogP contribution in [-0.4, -0.2) is 32.5 Å². The van der Waals surface area contributed by atoms with Crippen LogP contribution in [0.2, 0.25) is 0 Å². The first-order chi connectivity index (χ1) is 6.68. The molecule has 5 nitrogen and oxygen atoms in total. The van der Waals surface area contributed by atoms with Gasteiger partial charge in [-0.1, -0.05) is 6.58 Å². The molecular weight excluding hydrogens is 178 g/mol. The summed E-state index contributed by atoms with van der Waals surface area (Å²) in [6, 6.07) is 0. The third kappa shape index (κ3) is 1.32. The van der Waals surface area contributed by atoms with Crippen LogP contribution in [0.1, 0.15) is 6.92 Å². The van der Waals surface area contributed by atoms with Gasteiger partial charge in [0.2, 0.25) is 0 Å². The zero-order valence-corrected chi connectivity index (χ0v) is 8.18. The van der Waals surface area contributed by atoms with Gasteiger partial charge in [0, 0.05) is 18.8 Å². The average molecular weight is 189 g/mol.